The average Bonchev–Trinajstić information content (AvgIpc) is 2.47. The smallest absolute Gasteiger partial charge is 0.183 e. The van der Waals surface area contributed by atoms with Gasteiger partial charge in [-0.3, -0.25) is 5.10 Å². The van der Waals surface area contributed by atoms with Gasteiger partial charge in [0, 0.05) is 5.69 Å². The SMILES string of the molecule is CCc1ccc2c(N)[nH]nc2n1. The molecule has 4 nitrogen and oxygen atoms in total. The molecule has 0 saturated carbocycles. The van der Waals surface area contributed by atoms with Crippen molar-refractivity contribution in [1.29, 1.82) is 0 Å². The van der Waals surface area contributed by atoms with Gasteiger partial charge >= 0.3 is 0 Å². The van der Waals surface area contributed by atoms with E-state index in [4.69, 9.17) is 5.73 Å². The van der Waals surface area contributed by atoms with E-state index in [-0.39, 0.29) is 0 Å². The minimum atomic E-state index is 0.583. The molecule has 12 heavy (non-hydrogen) atoms. The quantitative estimate of drug-likeness (QED) is 0.659. The van der Waals surface area contributed by atoms with E-state index in [2.05, 4.69) is 22.1 Å². The van der Waals surface area contributed by atoms with Crippen LogP contribution in [0, 0.1) is 0 Å². The maximum atomic E-state index is 5.61. The third kappa shape index (κ3) is 0.922. The highest BCUT2D eigenvalue weighted by Crippen LogP contribution is 2.15. The van der Waals surface area contributed by atoms with Gasteiger partial charge in [-0.05, 0) is 18.6 Å². The van der Waals surface area contributed by atoms with Crippen molar-refractivity contribution in [2.75, 3.05) is 5.73 Å². The van der Waals surface area contributed by atoms with Crippen LogP contribution in [0.1, 0.15) is 12.6 Å². The van der Waals surface area contributed by atoms with Crippen LogP contribution in [-0.2, 0) is 6.42 Å². The van der Waals surface area contributed by atoms with Crippen molar-refractivity contribution in [3.63, 3.8) is 0 Å². The fourth-order valence-electron chi connectivity index (χ4n) is 1.15. The molecule has 0 unspecified atom stereocenters. The predicted molar refractivity (Wildman–Crippen MR) is 47.7 cm³/mol. The van der Waals surface area contributed by atoms with Crippen molar-refractivity contribution in [2.45, 2.75) is 13.3 Å². The Kier molecular flexibility index (Phi) is 1.46. The number of nitrogen functional groups attached to an aromatic ring is 1. The molecule has 2 aromatic rings. The molecule has 2 heterocycles. The number of aromatic nitrogens is 3. The molecule has 0 atom stereocenters. The Morgan fingerprint density at radius 1 is 1.50 bits per heavy atom. The molecule has 0 bridgehead atoms. The summed E-state index contributed by atoms with van der Waals surface area (Å²) in [5, 5.41) is 7.55. The first-order chi connectivity index (χ1) is 5.81. The zero-order chi connectivity index (χ0) is 8.55. The third-order valence-electron chi connectivity index (χ3n) is 1.87. The molecule has 4 heteroatoms. The summed E-state index contributed by atoms with van der Waals surface area (Å²) < 4.78 is 0. The maximum absolute atomic E-state index is 5.61. The minimum Gasteiger partial charge on any atom is -0.384 e. The number of hydrogen-bond donors (Lipinski definition) is 2. The van der Waals surface area contributed by atoms with E-state index in [1.807, 2.05) is 12.1 Å². The predicted octanol–water partition coefficient (Wildman–Crippen LogP) is 1.10. The van der Waals surface area contributed by atoms with Crippen molar-refractivity contribution >= 4 is 16.9 Å². The van der Waals surface area contributed by atoms with Crippen molar-refractivity contribution in [1.82, 2.24) is 15.2 Å². The van der Waals surface area contributed by atoms with Gasteiger partial charge in [0.25, 0.3) is 0 Å². The van der Waals surface area contributed by atoms with E-state index in [1.165, 1.54) is 0 Å². The summed E-state index contributed by atoms with van der Waals surface area (Å²) in [4.78, 5) is 4.29. The minimum absolute atomic E-state index is 0.583. The Bertz CT molecular complexity index is 404. The van der Waals surface area contributed by atoms with Gasteiger partial charge in [-0.1, -0.05) is 6.92 Å². The molecule has 0 radical (unpaired) electrons. The molecule has 0 spiro atoms. The summed E-state index contributed by atoms with van der Waals surface area (Å²) in [6.45, 7) is 2.06. The zero-order valence-electron chi connectivity index (χ0n) is 6.83. The molecule has 62 valence electrons. The Morgan fingerprint density at radius 2 is 2.33 bits per heavy atom. The van der Waals surface area contributed by atoms with Crippen molar-refractivity contribution < 1.29 is 0 Å². The van der Waals surface area contributed by atoms with Crippen LogP contribution in [0.15, 0.2) is 12.1 Å². The molecule has 0 aliphatic rings. The largest absolute Gasteiger partial charge is 0.384 e. The number of hydrogen-bond acceptors (Lipinski definition) is 3. The summed E-state index contributed by atoms with van der Waals surface area (Å²) in [7, 11) is 0. The van der Waals surface area contributed by atoms with Crippen LogP contribution in [0.5, 0.6) is 0 Å². The van der Waals surface area contributed by atoms with E-state index in [0.29, 0.717) is 11.5 Å². The highest BCUT2D eigenvalue weighted by molar-refractivity contribution is 5.85. The summed E-state index contributed by atoms with van der Waals surface area (Å²) in [5.74, 6) is 0.583. The lowest BCUT2D eigenvalue weighted by atomic mass is 10.2. The highest BCUT2D eigenvalue weighted by Gasteiger charge is 2.02. The zero-order valence-corrected chi connectivity index (χ0v) is 6.83. The van der Waals surface area contributed by atoms with Gasteiger partial charge in [-0.25, -0.2) is 4.98 Å². The monoisotopic (exact) mass is 162 g/mol. The first kappa shape index (κ1) is 7.09. The molecule has 0 fully saturated rings. The lowest BCUT2D eigenvalue weighted by Gasteiger charge is -1.93. The van der Waals surface area contributed by atoms with E-state index in [1.54, 1.807) is 0 Å². The van der Waals surface area contributed by atoms with Gasteiger partial charge in [-0.15, -0.1) is 0 Å². The van der Waals surface area contributed by atoms with E-state index in [0.717, 1.165) is 17.5 Å². The van der Waals surface area contributed by atoms with Crippen LogP contribution in [0.4, 0.5) is 5.82 Å². The third-order valence-corrected chi connectivity index (χ3v) is 1.87. The number of nitrogens with zero attached hydrogens (tertiary/aromatic N) is 2. The molecule has 0 amide bonds. The number of nitrogens with two attached hydrogens (primary N) is 1. The van der Waals surface area contributed by atoms with E-state index >= 15 is 0 Å². The second kappa shape index (κ2) is 2.48. The number of rotatable bonds is 1. The Labute approximate surface area is 69.8 Å². The summed E-state index contributed by atoms with van der Waals surface area (Å²) in [5.41, 5.74) is 7.35. The van der Waals surface area contributed by atoms with Crippen LogP contribution in [0.25, 0.3) is 11.0 Å². The van der Waals surface area contributed by atoms with Crippen LogP contribution in [0.3, 0.4) is 0 Å². The van der Waals surface area contributed by atoms with Gasteiger partial charge < -0.3 is 5.73 Å². The number of anilines is 1. The van der Waals surface area contributed by atoms with Crippen LogP contribution < -0.4 is 5.73 Å². The van der Waals surface area contributed by atoms with Gasteiger partial charge in [0.1, 0.15) is 5.82 Å². The van der Waals surface area contributed by atoms with Gasteiger partial charge in [-0.2, -0.15) is 5.10 Å². The topological polar surface area (TPSA) is 67.6 Å². The average molecular weight is 162 g/mol. The number of H-pyrrole nitrogens is 1. The number of pyridine rings is 1. The second-order valence-electron chi connectivity index (χ2n) is 2.66. The standard InChI is InChI=1S/C8H10N4/c1-2-5-3-4-6-7(9)11-12-8(6)10-5/h3-4H,2H2,1H3,(H3,9,10,11,12). The molecule has 0 aliphatic heterocycles. The first-order valence-electron chi connectivity index (χ1n) is 3.90. The lowest BCUT2D eigenvalue weighted by Crippen LogP contribution is -1.87. The number of nitrogens with one attached hydrogen (secondary N) is 1. The van der Waals surface area contributed by atoms with Gasteiger partial charge in [0.05, 0.1) is 5.39 Å². The molecular formula is C8H10N4. The number of aromatic amines is 1. The Morgan fingerprint density at radius 3 is 3.08 bits per heavy atom. The van der Waals surface area contributed by atoms with Crippen LogP contribution in [-0.4, -0.2) is 15.2 Å². The molecule has 2 rings (SSSR count). The van der Waals surface area contributed by atoms with E-state index < -0.39 is 0 Å². The molecule has 3 N–H and O–H groups in total. The van der Waals surface area contributed by atoms with E-state index in [9.17, 15) is 0 Å². The van der Waals surface area contributed by atoms with Gasteiger partial charge in [0.2, 0.25) is 0 Å². The van der Waals surface area contributed by atoms with Crippen LogP contribution in [0.2, 0.25) is 0 Å². The first-order valence-corrected chi connectivity index (χ1v) is 3.90. The second-order valence-corrected chi connectivity index (χ2v) is 2.66. The summed E-state index contributed by atoms with van der Waals surface area (Å²) in [6, 6.07) is 3.91. The van der Waals surface area contributed by atoms with Gasteiger partial charge in [0.15, 0.2) is 5.65 Å². The Hall–Kier alpha value is -1.58. The lowest BCUT2D eigenvalue weighted by molar-refractivity contribution is 1.03. The van der Waals surface area contributed by atoms with Crippen molar-refractivity contribution in [2.24, 2.45) is 0 Å². The molecule has 2 aromatic heterocycles. The number of fused-ring (bicyclic) bond motifs is 1. The van der Waals surface area contributed by atoms with Crippen molar-refractivity contribution in [3.8, 4) is 0 Å². The maximum Gasteiger partial charge on any atom is 0.183 e. The fourth-order valence-corrected chi connectivity index (χ4v) is 1.15. The summed E-state index contributed by atoms with van der Waals surface area (Å²) in [6.07, 6.45) is 0.919. The number of aryl methyl sites for hydroxylation is 1. The normalized spacial score (nSPS) is 10.8. The molecule has 0 saturated heterocycles. The summed E-state index contributed by atoms with van der Waals surface area (Å²) >= 11 is 0. The van der Waals surface area contributed by atoms with Crippen LogP contribution >= 0.6 is 0 Å². The molecular weight excluding hydrogens is 152 g/mol. The van der Waals surface area contributed by atoms with Crippen molar-refractivity contribution in [3.05, 3.63) is 17.8 Å². The fraction of sp³-hybridized carbons (Fsp3) is 0.250. The molecule has 0 aromatic carbocycles. The highest BCUT2D eigenvalue weighted by atomic mass is 15.2. The molecule has 0 aliphatic carbocycles. The Balaban J connectivity index is 2.69.